The largest absolute Gasteiger partial charge is 0.468 e. The molecule has 0 spiro atoms. The van der Waals surface area contributed by atoms with E-state index in [1.54, 1.807) is 0 Å². The first-order valence-electron chi connectivity index (χ1n) is 7.18. The molecule has 0 aliphatic heterocycles. The maximum absolute atomic E-state index is 11.1. The standard InChI is InChI=1S/C15H24N4O4/c1-19(2)13-5-11(7-16-9-14(20)22-3)18-12(6-13)8-17-10-15(21)23-4/h5-6,16-17H,7-10H2,1-4H3. The van der Waals surface area contributed by atoms with Crippen LogP contribution in [0.1, 0.15) is 11.4 Å². The second-order valence-corrected chi connectivity index (χ2v) is 5.06. The minimum Gasteiger partial charge on any atom is -0.468 e. The summed E-state index contributed by atoms with van der Waals surface area (Å²) in [6, 6.07) is 3.88. The number of aromatic nitrogens is 1. The van der Waals surface area contributed by atoms with Gasteiger partial charge in [0.05, 0.1) is 38.7 Å². The van der Waals surface area contributed by atoms with E-state index in [1.165, 1.54) is 14.2 Å². The van der Waals surface area contributed by atoms with Crippen LogP contribution in [0.4, 0.5) is 5.69 Å². The van der Waals surface area contributed by atoms with Gasteiger partial charge in [-0.3, -0.25) is 14.6 Å². The van der Waals surface area contributed by atoms with Crippen molar-refractivity contribution >= 4 is 17.6 Å². The molecule has 2 N–H and O–H groups in total. The quantitative estimate of drug-likeness (QED) is 0.597. The van der Waals surface area contributed by atoms with Gasteiger partial charge in [-0.25, -0.2) is 0 Å². The minimum atomic E-state index is -0.325. The molecule has 1 heterocycles. The predicted molar refractivity (Wildman–Crippen MR) is 86.0 cm³/mol. The van der Waals surface area contributed by atoms with Crippen molar-refractivity contribution in [3.05, 3.63) is 23.5 Å². The highest BCUT2D eigenvalue weighted by Crippen LogP contribution is 2.14. The van der Waals surface area contributed by atoms with Gasteiger partial charge in [0, 0.05) is 32.9 Å². The van der Waals surface area contributed by atoms with E-state index in [2.05, 4.69) is 25.1 Å². The van der Waals surface area contributed by atoms with Crippen LogP contribution in [0, 0.1) is 0 Å². The lowest BCUT2D eigenvalue weighted by Gasteiger charge is -2.16. The third-order valence-corrected chi connectivity index (χ3v) is 3.04. The maximum atomic E-state index is 11.1. The number of methoxy groups -OCH3 is 2. The Morgan fingerprint density at radius 3 is 1.78 bits per heavy atom. The zero-order chi connectivity index (χ0) is 17.2. The van der Waals surface area contributed by atoms with Crippen molar-refractivity contribution in [3.63, 3.8) is 0 Å². The topological polar surface area (TPSA) is 92.8 Å². The van der Waals surface area contributed by atoms with Crippen LogP contribution >= 0.6 is 0 Å². The van der Waals surface area contributed by atoms with E-state index in [0.717, 1.165) is 17.1 Å². The molecular formula is C15H24N4O4. The van der Waals surface area contributed by atoms with Crippen LogP contribution in [0.3, 0.4) is 0 Å². The van der Waals surface area contributed by atoms with Gasteiger partial charge in [0.25, 0.3) is 0 Å². The number of nitrogens with zero attached hydrogens (tertiary/aromatic N) is 2. The third-order valence-electron chi connectivity index (χ3n) is 3.04. The van der Waals surface area contributed by atoms with Crippen molar-refractivity contribution in [2.24, 2.45) is 0 Å². The molecule has 0 saturated heterocycles. The fraction of sp³-hybridized carbons (Fsp3) is 0.533. The Bertz CT molecular complexity index is 494. The van der Waals surface area contributed by atoms with E-state index in [-0.39, 0.29) is 25.0 Å². The Labute approximate surface area is 136 Å². The summed E-state index contributed by atoms with van der Waals surface area (Å²) in [6.07, 6.45) is 0. The Hall–Kier alpha value is -2.19. The van der Waals surface area contributed by atoms with Crippen LogP contribution < -0.4 is 15.5 Å². The number of hydrogen-bond acceptors (Lipinski definition) is 8. The zero-order valence-corrected chi connectivity index (χ0v) is 14.0. The van der Waals surface area contributed by atoms with Crippen LogP contribution in [0.5, 0.6) is 0 Å². The molecule has 0 aromatic carbocycles. The summed E-state index contributed by atoms with van der Waals surface area (Å²) in [5.41, 5.74) is 2.59. The van der Waals surface area contributed by atoms with Crippen LogP contribution in [-0.2, 0) is 32.2 Å². The number of carbonyl (C=O) groups excluding carboxylic acids is 2. The zero-order valence-electron chi connectivity index (χ0n) is 14.0. The Kier molecular flexibility index (Phi) is 8.00. The highest BCUT2D eigenvalue weighted by atomic mass is 16.5. The highest BCUT2D eigenvalue weighted by molar-refractivity contribution is 5.71. The van der Waals surface area contributed by atoms with Crippen LogP contribution in [0.15, 0.2) is 12.1 Å². The molecule has 1 aromatic heterocycles. The molecule has 0 unspecified atom stereocenters. The minimum absolute atomic E-state index is 0.125. The molecule has 0 amide bonds. The molecule has 0 bridgehead atoms. The summed E-state index contributed by atoms with van der Waals surface area (Å²) in [5, 5.41) is 5.96. The highest BCUT2D eigenvalue weighted by Gasteiger charge is 2.07. The fourth-order valence-electron chi connectivity index (χ4n) is 1.80. The summed E-state index contributed by atoms with van der Waals surface area (Å²) >= 11 is 0. The summed E-state index contributed by atoms with van der Waals surface area (Å²) in [6.45, 7) is 1.14. The Balaban J connectivity index is 2.69. The molecule has 0 aliphatic rings. The molecule has 0 fully saturated rings. The second-order valence-electron chi connectivity index (χ2n) is 5.06. The summed E-state index contributed by atoms with van der Waals surface area (Å²) in [7, 11) is 6.57. The van der Waals surface area contributed by atoms with Gasteiger partial charge in [-0.15, -0.1) is 0 Å². The van der Waals surface area contributed by atoms with Gasteiger partial charge in [0.2, 0.25) is 0 Å². The number of hydrogen-bond donors (Lipinski definition) is 2. The van der Waals surface area contributed by atoms with Gasteiger partial charge in [-0.05, 0) is 12.1 Å². The molecule has 0 atom stereocenters. The van der Waals surface area contributed by atoms with Crippen LogP contribution in [0.25, 0.3) is 0 Å². The first-order valence-corrected chi connectivity index (χ1v) is 7.18. The monoisotopic (exact) mass is 324 g/mol. The van der Waals surface area contributed by atoms with E-state index in [1.807, 2.05) is 31.1 Å². The molecule has 0 saturated carbocycles. The number of anilines is 1. The van der Waals surface area contributed by atoms with E-state index in [0.29, 0.717) is 13.1 Å². The van der Waals surface area contributed by atoms with Crippen molar-refractivity contribution in [2.75, 3.05) is 46.3 Å². The lowest BCUT2D eigenvalue weighted by atomic mass is 10.2. The number of esters is 2. The first-order chi connectivity index (χ1) is 11.0. The number of carbonyl (C=O) groups is 2. The Morgan fingerprint density at radius 1 is 1.00 bits per heavy atom. The van der Waals surface area contributed by atoms with Crippen LogP contribution in [-0.4, -0.2) is 58.3 Å². The third kappa shape index (κ3) is 7.07. The molecule has 8 nitrogen and oxygen atoms in total. The average Bonchev–Trinajstić information content (AvgIpc) is 2.54. The van der Waals surface area contributed by atoms with Crippen LogP contribution in [0.2, 0.25) is 0 Å². The molecule has 0 radical (unpaired) electrons. The molecule has 128 valence electrons. The van der Waals surface area contributed by atoms with Crippen molar-refractivity contribution in [1.29, 1.82) is 0 Å². The normalized spacial score (nSPS) is 10.3. The lowest BCUT2D eigenvalue weighted by Crippen LogP contribution is -2.26. The van der Waals surface area contributed by atoms with E-state index < -0.39 is 0 Å². The number of rotatable bonds is 9. The summed E-state index contributed by atoms with van der Waals surface area (Å²) < 4.78 is 9.15. The average molecular weight is 324 g/mol. The molecule has 1 rings (SSSR count). The van der Waals surface area contributed by atoms with Gasteiger partial charge < -0.3 is 25.0 Å². The van der Waals surface area contributed by atoms with Gasteiger partial charge in [-0.1, -0.05) is 0 Å². The molecule has 0 aliphatic carbocycles. The number of nitrogens with one attached hydrogen (secondary N) is 2. The van der Waals surface area contributed by atoms with Gasteiger partial charge in [-0.2, -0.15) is 0 Å². The predicted octanol–water partition coefficient (Wildman–Crippen LogP) is -0.327. The van der Waals surface area contributed by atoms with Crippen molar-refractivity contribution < 1.29 is 19.1 Å². The van der Waals surface area contributed by atoms with Crippen molar-refractivity contribution in [2.45, 2.75) is 13.1 Å². The van der Waals surface area contributed by atoms with E-state index in [4.69, 9.17) is 0 Å². The summed E-state index contributed by atoms with van der Waals surface area (Å²) in [5.74, 6) is -0.650. The smallest absolute Gasteiger partial charge is 0.319 e. The maximum Gasteiger partial charge on any atom is 0.319 e. The van der Waals surface area contributed by atoms with Gasteiger partial charge in [0.15, 0.2) is 0 Å². The van der Waals surface area contributed by atoms with Crippen molar-refractivity contribution in [1.82, 2.24) is 15.6 Å². The molecule has 23 heavy (non-hydrogen) atoms. The lowest BCUT2D eigenvalue weighted by molar-refractivity contribution is -0.140. The molecule has 1 aromatic rings. The fourth-order valence-corrected chi connectivity index (χ4v) is 1.80. The van der Waals surface area contributed by atoms with E-state index in [9.17, 15) is 9.59 Å². The van der Waals surface area contributed by atoms with Crippen molar-refractivity contribution in [3.8, 4) is 0 Å². The first kappa shape index (κ1) is 18.9. The SMILES string of the molecule is COC(=O)CNCc1cc(N(C)C)cc(CNCC(=O)OC)n1. The molecule has 8 heteroatoms. The van der Waals surface area contributed by atoms with Gasteiger partial charge in [0.1, 0.15) is 0 Å². The number of ether oxygens (including phenoxy) is 2. The molecular weight excluding hydrogens is 300 g/mol. The van der Waals surface area contributed by atoms with Gasteiger partial charge >= 0.3 is 11.9 Å². The van der Waals surface area contributed by atoms with E-state index >= 15 is 0 Å². The number of pyridine rings is 1. The Morgan fingerprint density at radius 2 is 1.43 bits per heavy atom. The second kappa shape index (κ2) is 9.75. The summed E-state index contributed by atoms with van der Waals surface area (Å²) in [4.78, 5) is 28.7.